The molecule has 0 spiro atoms. The van der Waals surface area contributed by atoms with Crippen LogP contribution in [0.4, 0.5) is 4.79 Å². The highest BCUT2D eigenvalue weighted by Crippen LogP contribution is 2.35. The second-order valence-electron chi connectivity index (χ2n) is 5.30. The van der Waals surface area contributed by atoms with Gasteiger partial charge in [-0.3, -0.25) is 9.69 Å². The third-order valence-electron chi connectivity index (χ3n) is 3.77. The van der Waals surface area contributed by atoms with Crippen molar-refractivity contribution in [2.45, 2.75) is 25.0 Å². The molecular formula is C15H17ClN2O5. The smallest absolute Gasteiger partial charge is 0.412 e. The van der Waals surface area contributed by atoms with Gasteiger partial charge in [0.2, 0.25) is 5.91 Å². The number of esters is 1. The number of hydrogen-bond acceptors (Lipinski definition) is 5. The van der Waals surface area contributed by atoms with Crippen LogP contribution in [0.15, 0.2) is 24.3 Å². The molecule has 0 unspecified atom stereocenters. The number of halogens is 1. The van der Waals surface area contributed by atoms with Crippen molar-refractivity contribution in [3.05, 3.63) is 34.9 Å². The molecular weight excluding hydrogens is 324 g/mol. The molecule has 2 atom stereocenters. The van der Waals surface area contributed by atoms with E-state index in [4.69, 9.17) is 21.1 Å². The molecule has 1 fully saturated rings. The monoisotopic (exact) mass is 340 g/mol. The zero-order chi connectivity index (χ0) is 17.2. The maximum absolute atomic E-state index is 12.3. The maximum atomic E-state index is 12.3. The van der Waals surface area contributed by atoms with Crippen molar-refractivity contribution >= 4 is 29.6 Å². The molecule has 0 aliphatic carbocycles. The van der Waals surface area contributed by atoms with Crippen LogP contribution in [0.2, 0.25) is 5.02 Å². The molecule has 1 saturated heterocycles. The standard InChI is InChI=1S/C15H17ClN2O5/c1-15(13(20)22-2)8-11(19)17-12(18(15)14(21)23-3)9-4-6-10(16)7-5-9/h4-7,12H,8H2,1-3H3,(H,17,19)/t12-,15-/m1/s1. The number of nitrogens with zero attached hydrogens (tertiary/aromatic N) is 1. The van der Waals surface area contributed by atoms with Crippen LogP contribution in [0.1, 0.15) is 25.1 Å². The van der Waals surface area contributed by atoms with Crippen LogP contribution >= 0.6 is 11.6 Å². The zero-order valence-electron chi connectivity index (χ0n) is 13.0. The van der Waals surface area contributed by atoms with Gasteiger partial charge in [-0.25, -0.2) is 9.59 Å². The Kier molecular flexibility index (Phi) is 4.79. The van der Waals surface area contributed by atoms with E-state index in [0.29, 0.717) is 10.6 Å². The molecule has 0 radical (unpaired) electrons. The van der Waals surface area contributed by atoms with Crippen LogP contribution in [-0.4, -0.2) is 42.6 Å². The first-order chi connectivity index (χ1) is 10.8. The van der Waals surface area contributed by atoms with E-state index in [-0.39, 0.29) is 12.3 Å². The lowest BCUT2D eigenvalue weighted by Crippen LogP contribution is -2.65. The van der Waals surface area contributed by atoms with Crippen molar-refractivity contribution in [1.29, 1.82) is 0 Å². The summed E-state index contributed by atoms with van der Waals surface area (Å²) >= 11 is 5.87. The first-order valence-electron chi connectivity index (χ1n) is 6.84. The summed E-state index contributed by atoms with van der Waals surface area (Å²) in [6, 6.07) is 6.57. The summed E-state index contributed by atoms with van der Waals surface area (Å²) < 4.78 is 9.57. The third kappa shape index (κ3) is 3.10. The molecule has 0 aromatic heterocycles. The summed E-state index contributed by atoms with van der Waals surface area (Å²) in [7, 11) is 2.40. The molecule has 1 aromatic rings. The Labute approximate surface area is 138 Å². The summed E-state index contributed by atoms with van der Waals surface area (Å²) in [5.74, 6) is -1.07. The van der Waals surface area contributed by atoms with E-state index in [9.17, 15) is 14.4 Å². The molecule has 7 nitrogen and oxygen atoms in total. The van der Waals surface area contributed by atoms with Crippen molar-refractivity contribution in [3.63, 3.8) is 0 Å². The Balaban J connectivity index is 2.53. The summed E-state index contributed by atoms with van der Waals surface area (Å²) in [4.78, 5) is 37.8. The van der Waals surface area contributed by atoms with Crippen LogP contribution in [0.3, 0.4) is 0 Å². The van der Waals surface area contributed by atoms with Gasteiger partial charge in [0, 0.05) is 5.02 Å². The lowest BCUT2D eigenvalue weighted by molar-refractivity contribution is -0.162. The predicted molar refractivity (Wildman–Crippen MR) is 81.6 cm³/mol. The van der Waals surface area contributed by atoms with Gasteiger partial charge >= 0.3 is 12.1 Å². The topological polar surface area (TPSA) is 84.9 Å². The third-order valence-corrected chi connectivity index (χ3v) is 4.03. The van der Waals surface area contributed by atoms with Crippen LogP contribution < -0.4 is 5.32 Å². The van der Waals surface area contributed by atoms with Gasteiger partial charge in [-0.1, -0.05) is 23.7 Å². The summed E-state index contributed by atoms with van der Waals surface area (Å²) in [6.07, 6.45) is -1.85. The van der Waals surface area contributed by atoms with Gasteiger partial charge in [0.15, 0.2) is 5.54 Å². The summed E-state index contributed by atoms with van der Waals surface area (Å²) in [5, 5.41) is 3.20. The van der Waals surface area contributed by atoms with E-state index in [1.165, 1.54) is 26.0 Å². The minimum atomic E-state index is -1.48. The Morgan fingerprint density at radius 3 is 2.39 bits per heavy atom. The Hall–Kier alpha value is -2.28. The van der Waals surface area contributed by atoms with Gasteiger partial charge in [0.05, 0.1) is 20.6 Å². The lowest BCUT2D eigenvalue weighted by Gasteiger charge is -2.46. The number of methoxy groups -OCH3 is 2. The minimum absolute atomic E-state index is 0.223. The Morgan fingerprint density at radius 1 is 1.26 bits per heavy atom. The van der Waals surface area contributed by atoms with Crippen LogP contribution in [0, 0.1) is 0 Å². The van der Waals surface area contributed by atoms with Crippen molar-refractivity contribution in [2.24, 2.45) is 0 Å². The Bertz CT molecular complexity index is 633. The normalized spacial score (nSPS) is 23.9. The number of ether oxygens (including phenoxy) is 2. The van der Waals surface area contributed by atoms with Crippen molar-refractivity contribution in [1.82, 2.24) is 10.2 Å². The fraction of sp³-hybridized carbons (Fsp3) is 0.400. The largest absolute Gasteiger partial charge is 0.467 e. The molecule has 1 N–H and O–H groups in total. The highest BCUT2D eigenvalue weighted by molar-refractivity contribution is 6.30. The maximum Gasteiger partial charge on any atom is 0.412 e. The van der Waals surface area contributed by atoms with E-state index in [1.807, 2.05) is 0 Å². The Morgan fingerprint density at radius 2 is 1.87 bits per heavy atom. The molecule has 1 aliphatic rings. The quantitative estimate of drug-likeness (QED) is 0.831. The minimum Gasteiger partial charge on any atom is -0.467 e. The van der Waals surface area contributed by atoms with Gasteiger partial charge in [-0.2, -0.15) is 0 Å². The summed E-state index contributed by atoms with van der Waals surface area (Å²) in [5.41, 5.74) is -0.892. The van der Waals surface area contributed by atoms with Crippen LogP contribution in [0.25, 0.3) is 0 Å². The van der Waals surface area contributed by atoms with E-state index >= 15 is 0 Å². The number of hydrogen-bond donors (Lipinski definition) is 1. The molecule has 1 aliphatic heterocycles. The fourth-order valence-corrected chi connectivity index (χ4v) is 2.75. The molecule has 23 heavy (non-hydrogen) atoms. The molecule has 8 heteroatoms. The average Bonchev–Trinajstić information content (AvgIpc) is 2.53. The van der Waals surface area contributed by atoms with Crippen LogP contribution in [-0.2, 0) is 19.1 Å². The summed E-state index contributed by atoms with van der Waals surface area (Å²) in [6.45, 7) is 1.47. The predicted octanol–water partition coefficient (Wildman–Crippen LogP) is 1.86. The van der Waals surface area contributed by atoms with E-state index in [0.717, 1.165) is 0 Å². The second kappa shape index (κ2) is 6.45. The van der Waals surface area contributed by atoms with E-state index in [2.05, 4.69) is 5.32 Å². The van der Waals surface area contributed by atoms with E-state index in [1.54, 1.807) is 24.3 Å². The first-order valence-corrected chi connectivity index (χ1v) is 7.22. The molecule has 2 amide bonds. The van der Waals surface area contributed by atoms with Gasteiger partial charge in [-0.15, -0.1) is 0 Å². The fourth-order valence-electron chi connectivity index (χ4n) is 2.62. The van der Waals surface area contributed by atoms with E-state index < -0.39 is 23.8 Å². The van der Waals surface area contributed by atoms with Crippen LogP contribution in [0.5, 0.6) is 0 Å². The van der Waals surface area contributed by atoms with Crippen molar-refractivity contribution < 1.29 is 23.9 Å². The number of nitrogens with one attached hydrogen (secondary N) is 1. The number of carbonyl (C=O) groups is 3. The van der Waals surface area contributed by atoms with Gasteiger partial charge < -0.3 is 14.8 Å². The molecule has 2 rings (SSSR count). The highest BCUT2D eigenvalue weighted by atomic mass is 35.5. The second-order valence-corrected chi connectivity index (χ2v) is 5.74. The molecule has 1 heterocycles. The molecule has 0 saturated carbocycles. The van der Waals surface area contributed by atoms with Gasteiger partial charge in [0.1, 0.15) is 6.17 Å². The average molecular weight is 341 g/mol. The first kappa shape index (κ1) is 17.1. The zero-order valence-corrected chi connectivity index (χ0v) is 13.7. The molecule has 0 bridgehead atoms. The van der Waals surface area contributed by atoms with Crippen molar-refractivity contribution in [2.75, 3.05) is 14.2 Å². The number of amides is 2. The highest BCUT2D eigenvalue weighted by Gasteiger charge is 2.52. The van der Waals surface area contributed by atoms with Gasteiger partial charge in [0.25, 0.3) is 0 Å². The lowest BCUT2D eigenvalue weighted by atomic mass is 9.90. The van der Waals surface area contributed by atoms with Gasteiger partial charge in [-0.05, 0) is 24.6 Å². The number of carbonyl (C=O) groups excluding carboxylic acids is 3. The van der Waals surface area contributed by atoms with Crippen molar-refractivity contribution in [3.8, 4) is 0 Å². The molecule has 124 valence electrons. The SMILES string of the molecule is COC(=O)N1[C@H](c2ccc(Cl)cc2)NC(=O)C[C@]1(C)C(=O)OC. The molecule has 1 aromatic carbocycles. The number of rotatable bonds is 2. The number of benzene rings is 1.